The number of benzene rings is 2. The number of aromatic nitrogens is 2. The van der Waals surface area contributed by atoms with Crippen molar-refractivity contribution in [2.75, 3.05) is 5.73 Å². The van der Waals surface area contributed by atoms with Crippen LogP contribution in [0.1, 0.15) is 11.3 Å². The molecule has 0 aliphatic carbocycles. The molecule has 2 aromatic carbocycles. The third-order valence-corrected chi connectivity index (χ3v) is 4.12. The Bertz CT molecular complexity index is 1090. The molecule has 3 aromatic rings. The Balaban J connectivity index is 1.96. The van der Waals surface area contributed by atoms with Crippen molar-refractivity contribution < 1.29 is 9.59 Å². The van der Waals surface area contributed by atoms with E-state index in [0.29, 0.717) is 22.3 Å². The van der Waals surface area contributed by atoms with Gasteiger partial charge in [-0.25, -0.2) is 0 Å². The number of nitrogens with two attached hydrogens (primary N) is 1. The Morgan fingerprint density at radius 3 is 2.52 bits per heavy atom. The number of hydrogen-bond acceptors (Lipinski definition) is 5. The predicted molar refractivity (Wildman–Crippen MR) is 93.8 cm³/mol. The number of nitrogens with one attached hydrogen (secondary N) is 3. The summed E-state index contributed by atoms with van der Waals surface area (Å²) in [5.74, 6) is -1.20. The number of amides is 2. The number of hydrogen-bond donors (Lipinski definition) is 4. The van der Waals surface area contributed by atoms with Gasteiger partial charge in [-0.1, -0.05) is 36.4 Å². The molecule has 25 heavy (non-hydrogen) atoms. The molecule has 2 heterocycles. The topological polar surface area (TPSA) is 125 Å². The molecular weight excluding hydrogens is 318 g/mol. The maximum atomic E-state index is 12.4. The number of imide groups is 1. The Kier molecular flexibility index (Phi) is 3.21. The van der Waals surface area contributed by atoms with Gasteiger partial charge in [0, 0.05) is 16.6 Å². The van der Waals surface area contributed by atoms with Crippen LogP contribution in [0.25, 0.3) is 16.5 Å². The molecule has 7 nitrogen and oxygen atoms in total. The monoisotopic (exact) mass is 331 g/mol. The highest BCUT2D eigenvalue weighted by atomic mass is 16.2. The van der Waals surface area contributed by atoms with Crippen LogP contribution in [0.3, 0.4) is 0 Å². The summed E-state index contributed by atoms with van der Waals surface area (Å²) in [5, 5.41) is 18.4. The van der Waals surface area contributed by atoms with E-state index in [9.17, 15) is 9.59 Å². The fraction of sp³-hybridized carbons (Fsp3) is 0. The molecule has 0 spiro atoms. The van der Waals surface area contributed by atoms with E-state index in [1.807, 2.05) is 18.2 Å². The molecule has 0 bridgehead atoms. The summed E-state index contributed by atoms with van der Waals surface area (Å²) >= 11 is 0. The van der Waals surface area contributed by atoms with Crippen molar-refractivity contribution in [3.8, 4) is 0 Å². The molecule has 0 saturated heterocycles. The van der Waals surface area contributed by atoms with Gasteiger partial charge in [0.25, 0.3) is 11.8 Å². The van der Waals surface area contributed by atoms with Crippen molar-refractivity contribution in [3.63, 3.8) is 0 Å². The van der Waals surface area contributed by atoms with Gasteiger partial charge in [0.1, 0.15) is 5.69 Å². The van der Waals surface area contributed by atoms with E-state index in [-0.39, 0.29) is 16.9 Å². The zero-order valence-electron chi connectivity index (χ0n) is 13.0. The second-order valence-electron chi connectivity index (χ2n) is 5.61. The molecule has 0 unspecified atom stereocenters. The Morgan fingerprint density at radius 1 is 1.00 bits per heavy atom. The summed E-state index contributed by atoms with van der Waals surface area (Å²) < 4.78 is 0. The van der Waals surface area contributed by atoms with Crippen LogP contribution in [-0.4, -0.2) is 27.7 Å². The number of para-hydroxylation sites is 2. The number of nitrogens with zero attached hydrogens (tertiary/aromatic N) is 1. The first-order valence-corrected chi connectivity index (χ1v) is 7.55. The standard InChI is InChI=1S/C18H13N5O2/c19-11-7-3-1-5-9(11)15(20)13-14(18(25)21-17(13)24)16-10-6-2-4-8-12(10)22-23-16/h1-8,20H,19H2,(H,22,23)(H,21,24,25). The Labute approximate surface area is 142 Å². The molecule has 0 fully saturated rings. The van der Waals surface area contributed by atoms with E-state index in [0.717, 1.165) is 5.52 Å². The molecule has 1 aliphatic heterocycles. The lowest BCUT2D eigenvalue weighted by Gasteiger charge is -2.08. The number of rotatable bonds is 3. The highest BCUT2D eigenvalue weighted by molar-refractivity contribution is 6.47. The fourth-order valence-corrected chi connectivity index (χ4v) is 2.93. The molecule has 0 saturated carbocycles. The van der Waals surface area contributed by atoms with Crippen molar-refractivity contribution in [2.45, 2.75) is 0 Å². The summed E-state index contributed by atoms with van der Waals surface area (Å²) in [6.45, 7) is 0. The first-order valence-electron chi connectivity index (χ1n) is 7.55. The van der Waals surface area contributed by atoms with E-state index >= 15 is 0 Å². The fourth-order valence-electron chi connectivity index (χ4n) is 2.93. The van der Waals surface area contributed by atoms with Gasteiger partial charge in [-0.3, -0.25) is 25.4 Å². The van der Waals surface area contributed by atoms with Crippen LogP contribution >= 0.6 is 0 Å². The lowest BCUT2D eigenvalue weighted by atomic mass is 9.95. The molecule has 5 N–H and O–H groups in total. The van der Waals surface area contributed by atoms with Crippen LogP contribution in [0.2, 0.25) is 0 Å². The Morgan fingerprint density at radius 2 is 1.72 bits per heavy atom. The average molecular weight is 331 g/mol. The van der Waals surface area contributed by atoms with Crippen molar-refractivity contribution >= 4 is 39.7 Å². The lowest BCUT2D eigenvalue weighted by molar-refractivity contribution is -0.123. The molecule has 4 rings (SSSR count). The second kappa shape index (κ2) is 5.41. The number of carbonyl (C=O) groups is 2. The van der Waals surface area contributed by atoms with E-state index in [2.05, 4.69) is 15.5 Å². The molecule has 0 atom stereocenters. The van der Waals surface area contributed by atoms with Crippen LogP contribution in [0.4, 0.5) is 5.69 Å². The number of H-pyrrole nitrogens is 1. The summed E-state index contributed by atoms with van der Waals surface area (Å²) in [5.41, 5.74) is 7.69. The van der Waals surface area contributed by atoms with Crippen LogP contribution < -0.4 is 11.1 Å². The third kappa shape index (κ3) is 2.21. The van der Waals surface area contributed by atoms with Gasteiger partial charge in [-0.15, -0.1) is 0 Å². The first-order chi connectivity index (χ1) is 12.1. The number of aromatic amines is 1. The molecule has 2 amide bonds. The summed E-state index contributed by atoms with van der Waals surface area (Å²) in [4.78, 5) is 24.7. The first kappa shape index (κ1) is 14.8. The normalized spacial score (nSPS) is 14.2. The smallest absolute Gasteiger partial charge is 0.261 e. The number of nitrogen functional groups attached to an aromatic ring is 1. The maximum Gasteiger partial charge on any atom is 0.261 e. The van der Waals surface area contributed by atoms with Gasteiger partial charge in [-0.2, -0.15) is 5.10 Å². The van der Waals surface area contributed by atoms with Crippen LogP contribution in [0, 0.1) is 5.41 Å². The van der Waals surface area contributed by atoms with Gasteiger partial charge in [0.05, 0.1) is 22.4 Å². The van der Waals surface area contributed by atoms with Crippen molar-refractivity contribution in [3.05, 3.63) is 65.4 Å². The van der Waals surface area contributed by atoms with Crippen LogP contribution in [-0.2, 0) is 9.59 Å². The summed E-state index contributed by atoms with van der Waals surface area (Å²) in [7, 11) is 0. The largest absolute Gasteiger partial charge is 0.398 e. The van der Waals surface area contributed by atoms with E-state index in [1.54, 1.807) is 30.3 Å². The maximum absolute atomic E-state index is 12.4. The van der Waals surface area contributed by atoms with Gasteiger partial charge >= 0.3 is 0 Å². The summed E-state index contributed by atoms with van der Waals surface area (Å²) in [6.07, 6.45) is 0. The molecule has 0 radical (unpaired) electrons. The second-order valence-corrected chi connectivity index (χ2v) is 5.61. The third-order valence-electron chi connectivity index (χ3n) is 4.12. The van der Waals surface area contributed by atoms with Gasteiger partial charge in [0.2, 0.25) is 0 Å². The molecule has 1 aromatic heterocycles. The zero-order valence-corrected chi connectivity index (χ0v) is 13.0. The zero-order chi connectivity index (χ0) is 17.6. The minimum Gasteiger partial charge on any atom is -0.398 e. The quantitative estimate of drug-likeness (QED) is 0.330. The number of anilines is 1. The summed E-state index contributed by atoms with van der Waals surface area (Å²) in [6, 6.07) is 14.0. The molecular formula is C18H13N5O2. The molecule has 7 heteroatoms. The number of fused-ring (bicyclic) bond motifs is 1. The van der Waals surface area contributed by atoms with Crippen LogP contribution in [0.15, 0.2) is 54.1 Å². The lowest BCUT2D eigenvalue weighted by Crippen LogP contribution is -2.25. The van der Waals surface area contributed by atoms with E-state index in [4.69, 9.17) is 11.1 Å². The minimum absolute atomic E-state index is 0.0276. The SMILES string of the molecule is N=C(C1=C(c2n[nH]c3ccccc23)C(=O)NC1=O)c1ccccc1N. The van der Waals surface area contributed by atoms with Crippen LogP contribution in [0.5, 0.6) is 0 Å². The van der Waals surface area contributed by atoms with E-state index < -0.39 is 11.8 Å². The average Bonchev–Trinajstić information content (AvgIpc) is 3.14. The highest BCUT2D eigenvalue weighted by Gasteiger charge is 2.36. The number of carbonyl (C=O) groups excluding carboxylic acids is 2. The van der Waals surface area contributed by atoms with Gasteiger partial charge in [-0.05, 0) is 12.1 Å². The van der Waals surface area contributed by atoms with E-state index in [1.165, 1.54) is 0 Å². The minimum atomic E-state index is -0.625. The van der Waals surface area contributed by atoms with Gasteiger partial charge in [0.15, 0.2) is 0 Å². The molecule has 1 aliphatic rings. The van der Waals surface area contributed by atoms with Crippen molar-refractivity contribution in [1.29, 1.82) is 5.41 Å². The molecule has 122 valence electrons. The van der Waals surface area contributed by atoms with Gasteiger partial charge < -0.3 is 5.73 Å². The Hall–Kier alpha value is -3.74. The highest BCUT2D eigenvalue weighted by Crippen LogP contribution is 2.30. The van der Waals surface area contributed by atoms with Crippen molar-refractivity contribution in [1.82, 2.24) is 15.5 Å². The predicted octanol–water partition coefficient (Wildman–Crippen LogP) is 1.62. The van der Waals surface area contributed by atoms with Crippen molar-refractivity contribution in [2.24, 2.45) is 0 Å².